The Balaban J connectivity index is 1.27. The Morgan fingerprint density at radius 3 is 2.75 bits per heavy atom. The lowest BCUT2D eigenvalue weighted by Crippen LogP contribution is -2.17. The van der Waals surface area contributed by atoms with E-state index in [0.29, 0.717) is 36.6 Å². The van der Waals surface area contributed by atoms with Crippen LogP contribution >= 0.6 is 0 Å². The summed E-state index contributed by atoms with van der Waals surface area (Å²) < 4.78 is 33.4. The summed E-state index contributed by atoms with van der Waals surface area (Å²) in [6.07, 6.45) is 4.75. The van der Waals surface area contributed by atoms with Gasteiger partial charge in [0.1, 0.15) is 11.4 Å². The van der Waals surface area contributed by atoms with Gasteiger partial charge in [0.25, 0.3) is 0 Å². The van der Waals surface area contributed by atoms with Crippen molar-refractivity contribution in [2.24, 2.45) is 0 Å². The van der Waals surface area contributed by atoms with Gasteiger partial charge in [0.2, 0.25) is 0 Å². The Bertz CT molecular complexity index is 1520. The van der Waals surface area contributed by atoms with Crippen LogP contribution < -0.4 is 10.1 Å². The van der Waals surface area contributed by atoms with Crippen molar-refractivity contribution >= 4 is 16.6 Å². The molecule has 2 aromatic carbocycles. The maximum atomic E-state index is 14.0. The first-order chi connectivity index (χ1) is 17.5. The molecule has 36 heavy (non-hydrogen) atoms. The van der Waals surface area contributed by atoms with Crippen LogP contribution in [0.25, 0.3) is 27.9 Å². The van der Waals surface area contributed by atoms with Crippen molar-refractivity contribution in [3.05, 3.63) is 94.3 Å². The molecule has 0 amide bonds. The number of nitrogens with zero attached hydrogens (tertiary/aromatic N) is 2. The molecule has 1 N–H and O–H groups in total. The van der Waals surface area contributed by atoms with E-state index in [1.165, 1.54) is 22.9 Å². The van der Waals surface area contributed by atoms with Gasteiger partial charge in [-0.3, -0.25) is 4.98 Å². The highest BCUT2D eigenvalue weighted by atomic mass is 19.2. The van der Waals surface area contributed by atoms with Crippen LogP contribution in [0.1, 0.15) is 48.1 Å². The number of nitrogens with one attached hydrogen (secondary N) is 1. The summed E-state index contributed by atoms with van der Waals surface area (Å²) in [6, 6.07) is 14.5. The molecule has 0 bridgehead atoms. The Kier molecular flexibility index (Phi) is 5.67. The zero-order valence-corrected chi connectivity index (χ0v) is 20.4. The van der Waals surface area contributed by atoms with Crippen molar-refractivity contribution in [2.75, 3.05) is 13.2 Å². The van der Waals surface area contributed by atoms with Crippen LogP contribution in [-0.4, -0.2) is 23.1 Å². The number of halogens is 2. The van der Waals surface area contributed by atoms with Crippen LogP contribution in [0.3, 0.4) is 0 Å². The molecule has 2 aromatic heterocycles. The van der Waals surface area contributed by atoms with E-state index in [4.69, 9.17) is 9.72 Å². The predicted octanol–water partition coefficient (Wildman–Crippen LogP) is 6.72. The van der Waals surface area contributed by atoms with Crippen molar-refractivity contribution in [1.82, 2.24) is 15.3 Å². The lowest BCUT2D eigenvalue weighted by molar-refractivity contribution is 0.337. The maximum Gasteiger partial charge on any atom is 0.159 e. The molecular weight excluding hydrogens is 456 g/mol. The van der Waals surface area contributed by atoms with Gasteiger partial charge in [-0.25, -0.2) is 13.8 Å². The quantitative estimate of drug-likeness (QED) is 0.331. The molecule has 0 spiro atoms. The van der Waals surface area contributed by atoms with E-state index in [1.54, 1.807) is 6.07 Å². The highest BCUT2D eigenvalue weighted by Crippen LogP contribution is 2.41. The highest BCUT2D eigenvalue weighted by molar-refractivity contribution is 5.86. The number of ether oxygens (including phenoxy) is 1. The molecule has 1 saturated carbocycles. The molecule has 1 atom stereocenters. The van der Waals surface area contributed by atoms with E-state index in [-0.39, 0.29) is 5.92 Å². The highest BCUT2D eigenvalue weighted by Gasteiger charge is 2.26. The number of aryl methyl sites for hydroxylation is 1. The van der Waals surface area contributed by atoms with Gasteiger partial charge < -0.3 is 10.1 Å². The third-order valence-corrected chi connectivity index (χ3v) is 6.98. The Morgan fingerprint density at radius 1 is 1.08 bits per heavy atom. The number of hydrogen-bond donors (Lipinski definition) is 1. The van der Waals surface area contributed by atoms with Crippen molar-refractivity contribution < 1.29 is 13.5 Å². The van der Waals surface area contributed by atoms with Gasteiger partial charge in [0.15, 0.2) is 11.6 Å². The molecule has 1 aliphatic heterocycles. The fraction of sp³-hybridized carbons (Fsp3) is 0.267. The van der Waals surface area contributed by atoms with E-state index < -0.39 is 11.6 Å². The summed E-state index contributed by atoms with van der Waals surface area (Å²) in [5, 5.41) is 4.81. The van der Waals surface area contributed by atoms with E-state index in [9.17, 15) is 8.78 Å². The van der Waals surface area contributed by atoms with Gasteiger partial charge in [0, 0.05) is 53.0 Å². The number of aromatic nitrogens is 2. The van der Waals surface area contributed by atoms with Gasteiger partial charge in [-0.1, -0.05) is 13.0 Å². The van der Waals surface area contributed by atoms with Crippen LogP contribution in [0.2, 0.25) is 0 Å². The molecule has 0 saturated heterocycles. The summed E-state index contributed by atoms with van der Waals surface area (Å²) in [7, 11) is 0. The minimum atomic E-state index is -0.886. The Hall–Kier alpha value is -3.80. The normalized spacial score (nSPS) is 16.1. The average Bonchev–Trinajstić information content (AvgIpc) is 3.65. The van der Waals surface area contributed by atoms with Crippen LogP contribution in [0.15, 0.2) is 60.3 Å². The summed E-state index contributed by atoms with van der Waals surface area (Å²) >= 11 is 0. The molecule has 4 aromatic rings. The molecular formula is C30H27F2N3O. The second kappa shape index (κ2) is 9.01. The van der Waals surface area contributed by atoms with Crippen molar-refractivity contribution in [3.8, 4) is 17.0 Å². The van der Waals surface area contributed by atoms with Crippen molar-refractivity contribution in [3.63, 3.8) is 0 Å². The molecule has 6 heteroatoms. The molecule has 3 heterocycles. The number of pyridine rings is 2. The lowest BCUT2D eigenvalue weighted by atomic mass is 9.99. The van der Waals surface area contributed by atoms with E-state index in [2.05, 4.69) is 48.4 Å². The average molecular weight is 484 g/mol. The third-order valence-electron chi connectivity index (χ3n) is 6.98. The molecule has 0 radical (unpaired) electrons. The molecule has 1 unspecified atom stereocenters. The smallest absolute Gasteiger partial charge is 0.159 e. The molecule has 4 nitrogen and oxygen atoms in total. The Labute approximate surface area is 209 Å². The second-order valence-corrected chi connectivity index (χ2v) is 9.75. The molecule has 1 fully saturated rings. The van der Waals surface area contributed by atoms with Gasteiger partial charge in [-0.05, 0) is 78.9 Å². The summed E-state index contributed by atoms with van der Waals surface area (Å²) in [5.41, 5.74) is 9.08. The first-order valence-corrected chi connectivity index (χ1v) is 12.4. The van der Waals surface area contributed by atoms with Crippen LogP contribution in [0.4, 0.5) is 8.78 Å². The minimum absolute atomic E-state index is 0.220. The second-order valence-electron chi connectivity index (χ2n) is 9.75. The first kappa shape index (κ1) is 22.7. The van der Waals surface area contributed by atoms with Crippen LogP contribution in [0, 0.1) is 18.6 Å². The minimum Gasteiger partial charge on any atom is -0.490 e. The zero-order valence-electron chi connectivity index (χ0n) is 20.4. The van der Waals surface area contributed by atoms with Gasteiger partial charge in [0.05, 0.1) is 12.1 Å². The van der Waals surface area contributed by atoms with Crippen LogP contribution in [0.5, 0.6) is 5.75 Å². The predicted molar refractivity (Wildman–Crippen MR) is 138 cm³/mol. The lowest BCUT2D eigenvalue weighted by Gasteiger charge is -2.15. The standard InChI is InChI=1S/C30H27F2N3O/c1-17-12-22(13-20-4-3-10-33-27(17)20)28(19-5-6-19)34-11-9-23-15-24-18(2)16-36-30(24)29(35-23)21-7-8-25(31)26(32)14-21/h3-4,7-8,10,12-15,18,34H,5-6,9,11,16H2,1-2H3. The number of benzene rings is 2. The zero-order chi connectivity index (χ0) is 24.8. The summed E-state index contributed by atoms with van der Waals surface area (Å²) in [6.45, 7) is 5.48. The number of allylic oxidation sites excluding steroid dienone is 1. The third kappa shape index (κ3) is 4.21. The summed E-state index contributed by atoms with van der Waals surface area (Å²) in [5.74, 6) is -0.864. The summed E-state index contributed by atoms with van der Waals surface area (Å²) in [4.78, 5) is 9.35. The van der Waals surface area contributed by atoms with Crippen LogP contribution in [-0.2, 0) is 6.42 Å². The number of hydrogen-bond acceptors (Lipinski definition) is 4. The Morgan fingerprint density at radius 2 is 1.94 bits per heavy atom. The molecule has 182 valence electrons. The SMILES string of the molecule is Cc1cc(C(NCCc2cc3c(c(-c4ccc(F)c(F)c4)n2)OCC3C)=C2CC2)cc2cccnc12. The molecule has 1 aliphatic carbocycles. The maximum absolute atomic E-state index is 14.0. The van der Waals surface area contributed by atoms with Gasteiger partial charge in [-0.15, -0.1) is 0 Å². The molecule has 2 aliphatic rings. The largest absolute Gasteiger partial charge is 0.490 e. The fourth-order valence-corrected chi connectivity index (χ4v) is 4.97. The number of rotatable bonds is 6. The van der Waals surface area contributed by atoms with E-state index in [0.717, 1.165) is 46.6 Å². The van der Waals surface area contributed by atoms with E-state index in [1.807, 2.05) is 12.3 Å². The monoisotopic (exact) mass is 483 g/mol. The van der Waals surface area contributed by atoms with Gasteiger partial charge >= 0.3 is 0 Å². The fourth-order valence-electron chi connectivity index (χ4n) is 4.97. The van der Waals surface area contributed by atoms with Crippen molar-refractivity contribution in [2.45, 2.75) is 39.0 Å². The molecule has 6 rings (SSSR count). The first-order valence-electron chi connectivity index (χ1n) is 12.4. The topological polar surface area (TPSA) is 47.0 Å². The number of fused-ring (bicyclic) bond motifs is 2. The van der Waals surface area contributed by atoms with Gasteiger partial charge in [-0.2, -0.15) is 0 Å². The van der Waals surface area contributed by atoms with E-state index >= 15 is 0 Å². The van der Waals surface area contributed by atoms with Crippen molar-refractivity contribution in [1.29, 1.82) is 0 Å².